The largest absolute Gasteiger partial charge is 0.513 e. The van der Waals surface area contributed by atoms with Crippen molar-refractivity contribution in [1.29, 1.82) is 0 Å². The topological polar surface area (TPSA) is 47.3 Å². The summed E-state index contributed by atoms with van der Waals surface area (Å²) in [5, 5.41) is 0. The molecule has 0 bridgehead atoms. The standard InChI is InChI=1S/C15H23F3NO3S/c16-15(17,18)11-7-4-2-1-3-5-10-14-22-23(20,21)19-12-8-6-9-13-19/h6,8-9,12-13H,1-5,7,10-11,14H2/q+1. The Hall–Kier alpha value is -1.15. The van der Waals surface area contributed by atoms with E-state index in [9.17, 15) is 21.6 Å². The zero-order chi connectivity index (χ0) is 17.2. The van der Waals surface area contributed by atoms with Crippen LogP contribution in [0.5, 0.6) is 0 Å². The molecule has 0 amide bonds. The molecule has 0 saturated heterocycles. The van der Waals surface area contributed by atoms with Crippen LogP contribution in [0.25, 0.3) is 0 Å². The van der Waals surface area contributed by atoms with E-state index in [1.807, 2.05) is 0 Å². The Kier molecular flexibility index (Phi) is 8.54. The van der Waals surface area contributed by atoms with Gasteiger partial charge in [-0.05, 0) is 12.8 Å². The van der Waals surface area contributed by atoms with Gasteiger partial charge in [-0.1, -0.05) is 42.1 Å². The second-order valence-electron chi connectivity index (χ2n) is 5.33. The maximum Gasteiger partial charge on any atom is 0.513 e. The molecule has 132 valence electrons. The predicted octanol–water partition coefficient (Wildman–Crippen LogP) is 3.77. The minimum atomic E-state index is -4.06. The van der Waals surface area contributed by atoms with Gasteiger partial charge in [0.05, 0.1) is 6.61 Å². The van der Waals surface area contributed by atoms with Crippen LogP contribution in [-0.4, -0.2) is 21.2 Å². The number of halogens is 3. The maximum absolute atomic E-state index is 11.9. The summed E-state index contributed by atoms with van der Waals surface area (Å²) >= 11 is 0. The zero-order valence-corrected chi connectivity index (χ0v) is 13.8. The van der Waals surface area contributed by atoms with Gasteiger partial charge in [0.2, 0.25) is 0 Å². The van der Waals surface area contributed by atoms with E-state index in [0.717, 1.165) is 29.7 Å². The fourth-order valence-electron chi connectivity index (χ4n) is 2.07. The van der Waals surface area contributed by atoms with Crippen LogP contribution in [0.2, 0.25) is 0 Å². The van der Waals surface area contributed by atoms with Gasteiger partial charge in [-0.3, -0.25) is 0 Å². The van der Waals surface area contributed by atoms with Crippen molar-refractivity contribution in [2.24, 2.45) is 0 Å². The number of alkyl halides is 3. The maximum atomic E-state index is 11.9. The van der Waals surface area contributed by atoms with Gasteiger partial charge in [-0.2, -0.15) is 13.2 Å². The molecule has 1 aromatic heterocycles. The molecule has 23 heavy (non-hydrogen) atoms. The molecule has 1 heterocycles. The van der Waals surface area contributed by atoms with E-state index in [4.69, 9.17) is 4.18 Å². The van der Waals surface area contributed by atoms with Crippen LogP contribution in [0.15, 0.2) is 30.6 Å². The van der Waals surface area contributed by atoms with Gasteiger partial charge in [0.25, 0.3) is 0 Å². The first-order chi connectivity index (χ1) is 10.8. The van der Waals surface area contributed by atoms with E-state index in [2.05, 4.69) is 0 Å². The molecule has 0 saturated carbocycles. The number of hydrogen-bond donors (Lipinski definition) is 0. The van der Waals surface area contributed by atoms with Gasteiger partial charge >= 0.3 is 16.5 Å². The number of nitrogens with zero attached hydrogens (tertiary/aromatic N) is 1. The van der Waals surface area contributed by atoms with E-state index in [0.29, 0.717) is 12.8 Å². The molecule has 0 unspecified atom stereocenters. The first-order valence-electron chi connectivity index (χ1n) is 7.74. The van der Waals surface area contributed by atoms with Gasteiger partial charge in [0.1, 0.15) is 0 Å². The van der Waals surface area contributed by atoms with E-state index in [-0.39, 0.29) is 13.0 Å². The van der Waals surface area contributed by atoms with Gasteiger partial charge in [-0.25, -0.2) is 4.18 Å². The second-order valence-corrected chi connectivity index (χ2v) is 6.84. The van der Waals surface area contributed by atoms with Crippen molar-refractivity contribution in [3.05, 3.63) is 30.6 Å². The van der Waals surface area contributed by atoms with Crippen molar-refractivity contribution in [2.45, 2.75) is 57.5 Å². The van der Waals surface area contributed by atoms with Crippen molar-refractivity contribution in [3.63, 3.8) is 0 Å². The van der Waals surface area contributed by atoms with Gasteiger partial charge in [-0.15, -0.1) is 8.42 Å². The minimum Gasteiger partial charge on any atom is -0.218 e. The van der Waals surface area contributed by atoms with Crippen LogP contribution in [0.3, 0.4) is 0 Å². The van der Waals surface area contributed by atoms with Crippen molar-refractivity contribution in [1.82, 2.24) is 0 Å². The smallest absolute Gasteiger partial charge is 0.218 e. The fraction of sp³-hybridized carbons (Fsp3) is 0.667. The van der Waals surface area contributed by atoms with Crippen LogP contribution in [0, 0.1) is 0 Å². The van der Waals surface area contributed by atoms with Gasteiger partial charge in [0.15, 0.2) is 12.4 Å². The Labute approximate surface area is 135 Å². The summed E-state index contributed by atoms with van der Waals surface area (Å²) in [6, 6.07) is 4.90. The molecule has 1 aromatic rings. The third-order valence-electron chi connectivity index (χ3n) is 3.28. The van der Waals surface area contributed by atoms with Gasteiger partial charge in [0, 0.05) is 18.6 Å². The molecule has 0 radical (unpaired) electrons. The molecule has 0 spiro atoms. The van der Waals surface area contributed by atoms with E-state index in [1.54, 1.807) is 18.2 Å². The lowest BCUT2D eigenvalue weighted by molar-refractivity contribution is -0.520. The number of unbranched alkanes of at least 4 members (excludes halogenated alkanes) is 6. The third kappa shape index (κ3) is 9.55. The number of pyridine rings is 1. The van der Waals surface area contributed by atoms with Crippen molar-refractivity contribution < 1.29 is 29.7 Å². The average molecular weight is 354 g/mol. The molecule has 0 aromatic carbocycles. The van der Waals surface area contributed by atoms with E-state index in [1.165, 1.54) is 12.4 Å². The Balaban J connectivity index is 2.02. The summed E-state index contributed by atoms with van der Waals surface area (Å²) in [6.07, 6.45) is 2.70. The fourth-order valence-corrected chi connectivity index (χ4v) is 2.96. The molecule has 0 atom stereocenters. The van der Waals surface area contributed by atoms with Crippen molar-refractivity contribution >= 4 is 10.3 Å². The number of rotatable bonds is 11. The molecular weight excluding hydrogens is 331 g/mol. The predicted molar refractivity (Wildman–Crippen MR) is 79.9 cm³/mol. The lowest BCUT2D eigenvalue weighted by Crippen LogP contribution is -2.43. The van der Waals surface area contributed by atoms with Crippen molar-refractivity contribution in [3.8, 4) is 0 Å². The first-order valence-corrected chi connectivity index (χ1v) is 9.11. The highest BCUT2D eigenvalue weighted by Crippen LogP contribution is 2.23. The molecule has 0 aliphatic heterocycles. The van der Waals surface area contributed by atoms with E-state index < -0.39 is 22.9 Å². The second kappa shape index (κ2) is 9.87. The van der Waals surface area contributed by atoms with Gasteiger partial charge < -0.3 is 0 Å². The lowest BCUT2D eigenvalue weighted by atomic mass is 10.1. The summed E-state index contributed by atoms with van der Waals surface area (Å²) in [7, 11) is -3.77. The molecule has 0 aliphatic rings. The molecule has 0 aliphatic carbocycles. The highest BCUT2D eigenvalue weighted by molar-refractivity contribution is 7.80. The monoisotopic (exact) mass is 354 g/mol. The molecule has 4 nitrogen and oxygen atoms in total. The third-order valence-corrected chi connectivity index (χ3v) is 4.51. The number of hydrogen-bond acceptors (Lipinski definition) is 3. The minimum absolute atomic E-state index is 0.109. The Bertz CT molecular complexity index is 533. The highest BCUT2D eigenvalue weighted by atomic mass is 32.2. The van der Waals surface area contributed by atoms with Crippen LogP contribution >= 0.6 is 0 Å². The van der Waals surface area contributed by atoms with Crippen LogP contribution < -0.4 is 3.97 Å². The summed E-state index contributed by atoms with van der Waals surface area (Å²) in [4.78, 5) is 0. The summed E-state index contributed by atoms with van der Waals surface area (Å²) in [5.74, 6) is 0. The normalized spacial score (nSPS) is 12.5. The number of aromatic nitrogens is 1. The molecule has 0 fully saturated rings. The molecule has 1 rings (SSSR count). The molecule has 0 N–H and O–H groups in total. The van der Waals surface area contributed by atoms with E-state index >= 15 is 0 Å². The summed E-state index contributed by atoms with van der Waals surface area (Å²) < 4.78 is 65.2. The SMILES string of the molecule is O=S(=O)(OCCCCCCCCCC(F)(F)F)[n+]1ccccc1. The Morgan fingerprint density at radius 2 is 1.35 bits per heavy atom. The Morgan fingerprint density at radius 3 is 1.91 bits per heavy atom. The van der Waals surface area contributed by atoms with Crippen LogP contribution in [0.4, 0.5) is 13.2 Å². The first kappa shape index (κ1) is 19.9. The summed E-state index contributed by atoms with van der Waals surface area (Å²) in [6.45, 7) is 0.109. The summed E-state index contributed by atoms with van der Waals surface area (Å²) in [5.41, 5.74) is 0. The average Bonchev–Trinajstić information content (AvgIpc) is 2.49. The molecule has 8 heteroatoms. The Morgan fingerprint density at radius 1 is 0.826 bits per heavy atom. The highest BCUT2D eigenvalue weighted by Gasteiger charge is 2.25. The van der Waals surface area contributed by atoms with Crippen LogP contribution in [0.1, 0.15) is 51.4 Å². The molecular formula is C15H23F3NO3S+. The quantitative estimate of drug-likeness (QED) is 0.449. The van der Waals surface area contributed by atoms with Crippen molar-refractivity contribution in [2.75, 3.05) is 6.61 Å². The lowest BCUT2D eigenvalue weighted by Gasteiger charge is -2.05. The zero-order valence-electron chi connectivity index (χ0n) is 13.0. The van der Waals surface area contributed by atoms with Crippen LogP contribution in [-0.2, 0) is 14.5 Å².